The predicted octanol–water partition coefficient (Wildman–Crippen LogP) is 3.78. The molecule has 2 heteroatoms. The number of hydrogen-bond donors (Lipinski definition) is 0. The van der Waals surface area contributed by atoms with E-state index in [1.165, 1.54) is 15.6 Å². The van der Waals surface area contributed by atoms with Crippen molar-refractivity contribution in [1.82, 2.24) is 0 Å². The third-order valence-electron chi connectivity index (χ3n) is 2.74. The third-order valence-corrected chi connectivity index (χ3v) is 3.43. The zero-order chi connectivity index (χ0) is 10.2. The van der Waals surface area contributed by atoms with Gasteiger partial charge in [0.2, 0.25) is 0 Å². The van der Waals surface area contributed by atoms with Gasteiger partial charge in [0, 0.05) is 11.1 Å². The van der Waals surface area contributed by atoms with Crippen molar-refractivity contribution in [1.29, 1.82) is 0 Å². The van der Waals surface area contributed by atoms with Crippen LogP contribution >= 0.6 is 15.9 Å². The molecule has 14 heavy (non-hydrogen) atoms. The molecule has 2 rings (SSSR count). The maximum atomic E-state index is 5.83. The van der Waals surface area contributed by atoms with Gasteiger partial charge >= 0.3 is 0 Å². The first-order chi connectivity index (χ1) is 6.68. The average Bonchev–Trinajstić information content (AvgIpc) is 2.91. The van der Waals surface area contributed by atoms with E-state index >= 15 is 0 Å². The molecule has 0 aliphatic heterocycles. The van der Waals surface area contributed by atoms with E-state index in [1.807, 2.05) is 0 Å². The van der Waals surface area contributed by atoms with Crippen molar-refractivity contribution in [3.05, 3.63) is 33.8 Å². The molecule has 1 aliphatic rings. The smallest absolute Gasteiger partial charge is 0.0944 e. The molecule has 1 aromatic carbocycles. The van der Waals surface area contributed by atoms with Crippen LogP contribution in [0.3, 0.4) is 0 Å². The van der Waals surface area contributed by atoms with Gasteiger partial charge in [-0.3, -0.25) is 0 Å². The fourth-order valence-electron chi connectivity index (χ4n) is 1.87. The van der Waals surface area contributed by atoms with Crippen molar-refractivity contribution in [3.63, 3.8) is 0 Å². The standard InChI is InChI=1S/C12H15BrO/c1-3-14-12(6-7-12)10-8-9(2)4-5-11(10)13/h4-5,8H,3,6-7H2,1-2H3. The summed E-state index contributed by atoms with van der Waals surface area (Å²) in [7, 11) is 0. The van der Waals surface area contributed by atoms with Crippen molar-refractivity contribution in [2.45, 2.75) is 32.3 Å². The van der Waals surface area contributed by atoms with Crippen LogP contribution in [0.1, 0.15) is 30.9 Å². The zero-order valence-corrected chi connectivity index (χ0v) is 10.2. The Labute approximate surface area is 93.6 Å². The topological polar surface area (TPSA) is 9.23 Å². The van der Waals surface area contributed by atoms with Gasteiger partial charge in [0.1, 0.15) is 0 Å². The second kappa shape index (κ2) is 3.67. The van der Waals surface area contributed by atoms with Crippen LogP contribution in [0, 0.1) is 6.92 Å². The summed E-state index contributed by atoms with van der Waals surface area (Å²) in [5.41, 5.74) is 2.65. The molecule has 1 aliphatic carbocycles. The monoisotopic (exact) mass is 254 g/mol. The van der Waals surface area contributed by atoms with Gasteiger partial charge in [-0.05, 0) is 38.3 Å². The fourth-order valence-corrected chi connectivity index (χ4v) is 2.48. The highest BCUT2D eigenvalue weighted by molar-refractivity contribution is 9.10. The molecular formula is C12H15BrO. The maximum Gasteiger partial charge on any atom is 0.0944 e. The number of rotatable bonds is 3. The summed E-state index contributed by atoms with van der Waals surface area (Å²) in [6.07, 6.45) is 2.31. The first-order valence-electron chi connectivity index (χ1n) is 5.08. The Morgan fingerprint density at radius 2 is 2.14 bits per heavy atom. The Kier molecular flexibility index (Phi) is 2.67. The van der Waals surface area contributed by atoms with E-state index in [0.29, 0.717) is 0 Å². The quantitative estimate of drug-likeness (QED) is 0.798. The van der Waals surface area contributed by atoms with Crippen LogP contribution in [0.5, 0.6) is 0 Å². The van der Waals surface area contributed by atoms with Gasteiger partial charge in [0.05, 0.1) is 5.60 Å². The molecule has 0 saturated heterocycles. The molecule has 1 fully saturated rings. The van der Waals surface area contributed by atoms with Crippen LogP contribution in [0.2, 0.25) is 0 Å². The van der Waals surface area contributed by atoms with Crippen LogP contribution in [-0.4, -0.2) is 6.61 Å². The Morgan fingerprint density at radius 3 is 2.71 bits per heavy atom. The minimum Gasteiger partial charge on any atom is -0.371 e. The minimum absolute atomic E-state index is 0.0274. The van der Waals surface area contributed by atoms with E-state index in [4.69, 9.17) is 4.74 Å². The summed E-state index contributed by atoms with van der Waals surface area (Å²) in [4.78, 5) is 0. The molecule has 0 N–H and O–H groups in total. The van der Waals surface area contributed by atoms with Gasteiger partial charge in [0.15, 0.2) is 0 Å². The normalized spacial score (nSPS) is 18.2. The molecule has 0 amide bonds. The van der Waals surface area contributed by atoms with Crippen LogP contribution in [0.4, 0.5) is 0 Å². The average molecular weight is 255 g/mol. The summed E-state index contributed by atoms with van der Waals surface area (Å²) in [5.74, 6) is 0. The third kappa shape index (κ3) is 1.73. The predicted molar refractivity (Wildman–Crippen MR) is 61.4 cm³/mol. The van der Waals surface area contributed by atoms with E-state index in [0.717, 1.165) is 19.4 Å². The van der Waals surface area contributed by atoms with Crippen LogP contribution in [0.25, 0.3) is 0 Å². The molecule has 76 valence electrons. The molecule has 0 radical (unpaired) electrons. The Morgan fingerprint density at radius 1 is 1.43 bits per heavy atom. The molecule has 0 atom stereocenters. The zero-order valence-electron chi connectivity index (χ0n) is 8.64. The Hall–Kier alpha value is -0.340. The van der Waals surface area contributed by atoms with Crippen molar-refractivity contribution in [2.75, 3.05) is 6.61 Å². The highest BCUT2D eigenvalue weighted by atomic mass is 79.9. The van der Waals surface area contributed by atoms with Gasteiger partial charge in [-0.15, -0.1) is 0 Å². The summed E-state index contributed by atoms with van der Waals surface area (Å²) < 4.78 is 7.01. The lowest BCUT2D eigenvalue weighted by molar-refractivity contribution is 0.0390. The molecule has 0 bridgehead atoms. The second-order valence-electron chi connectivity index (χ2n) is 3.91. The van der Waals surface area contributed by atoms with E-state index in [-0.39, 0.29) is 5.60 Å². The van der Waals surface area contributed by atoms with Gasteiger partial charge < -0.3 is 4.74 Å². The van der Waals surface area contributed by atoms with E-state index in [1.54, 1.807) is 0 Å². The van der Waals surface area contributed by atoms with Crippen LogP contribution < -0.4 is 0 Å². The number of aryl methyl sites for hydroxylation is 1. The molecule has 0 aromatic heterocycles. The van der Waals surface area contributed by atoms with Crippen molar-refractivity contribution in [3.8, 4) is 0 Å². The maximum absolute atomic E-state index is 5.83. The largest absolute Gasteiger partial charge is 0.371 e. The molecule has 0 heterocycles. The summed E-state index contributed by atoms with van der Waals surface area (Å²) in [6.45, 7) is 4.97. The van der Waals surface area contributed by atoms with Crippen molar-refractivity contribution < 1.29 is 4.74 Å². The number of benzene rings is 1. The highest BCUT2D eigenvalue weighted by Crippen LogP contribution is 2.51. The number of hydrogen-bond acceptors (Lipinski definition) is 1. The molecule has 1 aromatic rings. The van der Waals surface area contributed by atoms with Gasteiger partial charge in [-0.25, -0.2) is 0 Å². The SMILES string of the molecule is CCOC1(c2cc(C)ccc2Br)CC1. The van der Waals surface area contributed by atoms with Gasteiger partial charge in [-0.2, -0.15) is 0 Å². The molecular weight excluding hydrogens is 240 g/mol. The molecule has 0 unspecified atom stereocenters. The molecule has 1 nitrogen and oxygen atoms in total. The minimum atomic E-state index is 0.0274. The van der Waals surface area contributed by atoms with Crippen molar-refractivity contribution >= 4 is 15.9 Å². The number of ether oxygens (including phenoxy) is 1. The van der Waals surface area contributed by atoms with Crippen LogP contribution in [0.15, 0.2) is 22.7 Å². The summed E-state index contributed by atoms with van der Waals surface area (Å²) in [5, 5.41) is 0. The Bertz CT molecular complexity index is 342. The summed E-state index contributed by atoms with van der Waals surface area (Å²) in [6, 6.07) is 6.46. The van der Waals surface area contributed by atoms with Crippen molar-refractivity contribution in [2.24, 2.45) is 0 Å². The first kappa shape index (κ1) is 10.2. The van der Waals surface area contributed by atoms with E-state index in [2.05, 4.69) is 48.0 Å². The first-order valence-corrected chi connectivity index (χ1v) is 5.88. The van der Waals surface area contributed by atoms with E-state index in [9.17, 15) is 0 Å². The Balaban J connectivity index is 2.35. The lowest BCUT2D eigenvalue weighted by atomic mass is 10.1. The van der Waals surface area contributed by atoms with Gasteiger partial charge in [-0.1, -0.05) is 33.6 Å². The van der Waals surface area contributed by atoms with E-state index < -0.39 is 0 Å². The highest BCUT2D eigenvalue weighted by Gasteiger charge is 2.46. The second-order valence-corrected chi connectivity index (χ2v) is 4.76. The van der Waals surface area contributed by atoms with Gasteiger partial charge in [0.25, 0.3) is 0 Å². The lowest BCUT2D eigenvalue weighted by Crippen LogP contribution is -2.12. The molecule has 0 spiro atoms. The fraction of sp³-hybridized carbons (Fsp3) is 0.500. The van der Waals surface area contributed by atoms with Crippen LogP contribution in [-0.2, 0) is 10.3 Å². The lowest BCUT2D eigenvalue weighted by Gasteiger charge is -2.18. The number of halogens is 1. The molecule has 1 saturated carbocycles. The summed E-state index contributed by atoms with van der Waals surface area (Å²) >= 11 is 3.60.